The Morgan fingerprint density at radius 1 is 1.47 bits per heavy atom. The molecule has 0 saturated heterocycles. The second kappa shape index (κ2) is 4.24. The van der Waals surface area contributed by atoms with Crippen molar-refractivity contribution < 1.29 is 4.79 Å². The number of hydrogen-bond acceptors (Lipinski definition) is 2. The van der Waals surface area contributed by atoms with E-state index in [1.807, 2.05) is 45.0 Å². The third kappa shape index (κ3) is 2.64. The average molecular weight is 201 g/mol. The second-order valence-electron chi connectivity index (χ2n) is 4.12. The van der Waals surface area contributed by atoms with Crippen molar-refractivity contribution in [3.8, 4) is 0 Å². The number of isocyanates is 1. The fourth-order valence-electron chi connectivity index (χ4n) is 1.34. The van der Waals surface area contributed by atoms with Gasteiger partial charge < -0.3 is 0 Å². The van der Waals surface area contributed by atoms with Gasteiger partial charge >= 0.3 is 6.08 Å². The second-order valence-corrected chi connectivity index (χ2v) is 4.12. The van der Waals surface area contributed by atoms with Gasteiger partial charge in [0.2, 0.25) is 0 Å². The van der Waals surface area contributed by atoms with Crippen molar-refractivity contribution in [1.82, 2.24) is 4.99 Å². The molecule has 0 saturated carbocycles. The Labute approximate surface area is 90.4 Å². The number of allylic oxidation sites excluding steroid dienone is 1. The zero-order valence-corrected chi connectivity index (χ0v) is 9.37. The molecule has 0 N–H and O–H groups in total. The molecule has 2 heteroatoms. The maximum absolute atomic E-state index is 10.3. The molecule has 1 rings (SSSR count). The Morgan fingerprint density at radius 2 is 2.13 bits per heavy atom. The van der Waals surface area contributed by atoms with Gasteiger partial charge in [-0.05, 0) is 18.6 Å². The largest absolute Gasteiger partial charge is 0.497 e. The summed E-state index contributed by atoms with van der Waals surface area (Å²) in [5.41, 5.74) is 2.54. The van der Waals surface area contributed by atoms with Crippen LogP contribution in [0.1, 0.15) is 31.9 Å². The van der Waals surface area contributed by atoms with Crippen molar-refractivity contribution in [3.63, 3.8) is 0 Å². The predicted octanol–water partition coefficient (Wildman–Crippen LogP) is 2.63. The van der Waals surface area contributed by atoms with Crippen molar-refractivity contribution in [2.24, 2.45) is 0 Å². The normalized spacial score (nSPS) is 10.6. The molecule has 0 fully saturated rings. The zero-order chi connectivity index (χ0) is 11.5. The van der Waals surface area contributed by atoms with Gasteiger partial charge in [-0.2, -0.15) is 4.79 Å². The number of carbonyl (C=O) groups excluding carboxylic acids is 1. The molecule has 0 aliphatic carbocycles. The van der Waals surface area contributed by atoms with Crippen LogP contribution in [0.4, 0.5) is 0 Å². The quantitative estimate of drug-likeness (QED) is 0.546. The van der Waals surface area contributed by atoms with Gasteiger partial charge in [0.1, 0.15) is 4.99 Å². The van der Waals surface area contributed by atoms with Gasteiger partial charge in [-0.1, -0.05) is 30.4 Å². The third-order valence-corrected chi connectivity index (χ3v) is 2.39. The van der Waals surface area contributed by atoms with E-state index >= 15 is 0 Å². The summed E-state index contributed by atoms with van der Waals surface area (Å²) in [4.78, 5) is 14.1. The first-order valence-corrected chi connectivity index (χ1v) is 4.83. The number of hydrogen-bond donors (Lipinski definition) is 0. The van der Waals surface area contributed by atoms with Gasteiger partial charge in [0.05, 0.1) is 0 Å². The Balaban J connectivity index is 3.21. The molecule has 0 spiro atoms. The fraction of sp³-hybridized carbons (Fsp3) is 0.308. The maximum Gasteiger partial charge on any atom is 0.497 e. The van der Waals surface area contributed by atoms with Crippen LogP contribution in [0.25, 0.3) is 5.57 Å². The van der Waals surface area contributed by atoms with E-state index in [4.69, 9.17) is 0 Å². The molecule has 0 aromatic heterocycles. The number of benzene rings is 1. The number of rotatable bonds is 3. The molecule has 0 aliphatic rings. The van der Waals surface area contributed by atoms with Crippen molar-refractivity contribution >= 4 is 11.7 Å². The van der Waals surface area contributed by atoms with Crippen LogP contribution in [0.2, 0.25) is 0 Å². The van der Waals surface area contributed by atoms with Crippen LogP contribution in [0.3, 0.4) is 0 Å². The molecule has 2 nitrogen and oxygen atoms in total. The molecule has 0 bridgehead atoms. The fourth-order valence-corrected chi connectivity index (χ4v) is 1.34. The van der Waals surface area contributed by atoms with Crippen molar-refractivity contribution in [3.05, 3.63) is 42.0 Å². The first kappa shape index (κ1) is 11.4. The molecule has 0 aliphatic heterocycles. The van der Waals surface area contributed by atoms with Gasteiger partial charge in [0.25, 0.3) is 5.54 Å². The maximum atomic E-state index is 10.3. The first-order chi connectivity index (χ1) is 6.97. The summed E-state index contributed by atoms with van der Waals surface area (Å²) in [6.45, 7) is 9.61. The molecule has 0 amide bonds. The molecule has 1 aromatic carbocycles. The monoisotopic (exact) mass is 201 g/mol. The molecular formula is C13H15NO+. The van der Waals surface area contributed by atoms with Crippen LogP contribution < -0.4 is 4.99 Å². The standard InChI is InChI=1S/C13H15NO/c1-10(2)11-6-5-7-12(8-11)13(3,4)14-9-15/h5-8H,1H2,2-4H3/q+1. The smallest absolute Gasteiger partial charge is 0.154 e. The highest BCUT2D eigenvalue weighted by atomic mass is 16.1. The van der Waals surface area contributed by atoms with Crippen molar-refractivity contribution in [2.75, 3.05) is 0 Å². The Hall–Kier alpha value is -1.66. The lowest BCUT2D eigenvalue weighted by atomic mass is 9.92. The van der Waals surface area contributed by atoms with Crippen LogP contribution >= 0.6 is 0 Å². The lowest BCUT2D eigenvalue weighted by Gasteiger charge is -2.09. The van der Waals surface area contributed by atoms with Gasteiger partial charge in [0, 0.05) is 19.4 Å². The molecule has 77 valence electrons. The Morgan fingerprint density at radius 3 is 2.67 bits per heavy atom. The minimum Gasteiger partial charge on any atom is -0.154 e. The summed E-state index contributed by atoms with van der Waals surface area (Å²) >= 11 is 0. The zero-order valence-electron chi connectivity index (χ0n) is 9.37. The highest BCUT2D eigenvalue weighted by molar-refractivity contribution is 5.62. The first-order valence-electron chi connectivity index (χ1n) is 4.83. The van der Waals surface area contributed by atoms with Crippen LogP contribution in [-0.4, -0.2) is 6.08 Å². The number of aliphatic imine (C=N–C) groups is 1. The summed E-state index contributed by atoms with van der Waals surface area (Å²) in [5, 5.41) is 0. The molecular weight excluding hydrogens is 186 g/mol. The molecule has 1 radical (unpaired) electrons. The van der Waals surface area contributed by atoms with E-state index in [1.54, 1.807) is 6.08 Å². The van der Waals surface area contributed by atoms with Crippen LogP contribution in [0, 0.1) is 0 Å². The molecule has 0 atom stereocenters. The minimum atomic E-state index is -0.521. The van der Waals surface area contributed by atoms with Crippen molar-refractivity contribution in [1.29, 1.82) is 0 Å². The van der Waals surface area contributed by atoms with E-state index in [-0.39, 0.29) is 0 Å². The minimum absolute atomic E-state index is 0.521. The van der Waals surface area contributed by atoms with E-state index in [0.717, 1.165) is 16.7 Å². The van der Waals surface area contributed by atoms with E-state index in [0.29, 0.717) is 0 Å². The SMILES string of the molecule is C=C(C)c1cccc(C(C)(C)[N+]=C=O)c1. The Kier molecular flexibility index (Phi) is 3.23. The highest BCUT2D eigenvalue weighted by Crippen LogP contribution is 2.22. The molecule has 15 heavy (non-hydrogen) atoms. The van der Waals surface area contributed by atoms with Gasteiger partial charge in [0.15, 0.2) is 0 Å². The highest BCUT2D eigenvalue weighted by Gasteiger charge is 2.31. The summed E-state index contributed by atoms with van der Waals surface area (Å²) < 4.78 is 0. The van der Waals surface area contributed by atoms with Crippen molar-refractivity contribution in [2.45, 2.75) is 26.3 Å². The van der Waals surface area contributed by atoms with E-state index < -0.39 is 5.54 Å². The van der Waals surface area contributed by atoms with Gasteiger partial charge in [-0.15, -0.1) is 0 Å². The van der Waals surface area contributed by atoms with Crippen LogP contribution in [-0.2, 0) is 10.3 Å². The lowest BCUT2D eigenvalue weighted by Crippen LogP contribution is -2.22. The van der Waals surface area contributed by atoms with E-state index in [2.05, 4.69) is 11.6 Å². The average Bonchev–Trinajstić information content (AvgIpc) is 2.18. The van der Waals surface area contributed by atoms with Crippen LogP contribution in [0.15, 0.2) is 30.8 Å². The Bertz CT molecular complexity index is 426. The molecule has 0 unspecified atom stereocenters. The summed E-state index contributed by atoms with van der Waals surface area (Å²) in [7, 11) is 0. The summed E-state index contributed by atoms with van der Waals surface area (Å²) in [6.07, 6.45) is 1.61. The summed E-state index contributed by atoms with van der Waals surface area (Å²) in [6, 6.07) is 7.89. The van der Waals surface area contributed by atoms with Gasteiger partial charge in [-0.25, -0.2) is 0 Å². The van der Waals surface area contributed by atoms with E-state index in [9.17, 15) is 4.79 Å². The summed E-state index contributed by atoms with van der Waals surface area (Å²) in [5.74, 6) is 0. The molecule has 1 aromatic rings. The van der Waals surface area contributed by atoms with E-state index in [1.165, 1.54) is 0 Å². The number of nitrogens with zero attached hydrogens (tertiary/aromatic N) is 1. The van der Waals surface area contributed by atoms with Gasteiger partial charge in [-0.3, -0.25) is 0 Å². The molecule has 0 heterocycles. The predicted molar refractivity (Wildman–Crippen MR) is 62.0 cm³/mol. The lowest BCUT2D eigenvalue weighted by molar-refractivity contribution is 0.483. The van der Waals surface area contributed by atoms with Crippen LogP contribution in [0.5, 0.6) is 0 Å². The third-order valence-electron chi connectivity index (χ3n) is 2.39. The topological polar surface area (TPSA) is 31.2 Å².